The average molecular weight is 301 g/mol. The molecule has 9 heteroatoms. The van der Waals surface area contributed by atoms with Gasteiger partial charge in [-0.2, -0.15) is 0 Å². The smallest absolute Gasteiger partial charge is 0.292 e. The number of hydrogen-bond donors (Lipinski definition) is 1. The minimum Gasteiger partial charge on any atom is -0.319 e. The molecule has 1 aromatic carbocycles. The summed E-state index contributed by atoms with van der Waals surface area (Å²) < 4.78 is 22.9. The number of nitrogens with zero attached hydrogens (tertiary/aromatic N) is 2. The Morgan fingerprint density at radius 1 is 1.40 bits per heavy atom. The third-order valence-electron chi connectivity index (χ3n) is 2.33. The summed E-state index contributed by atoms with van der Waals surface area (Å²) in [5.74, 6) is -0.469. The average Bonchev–Trinajstić information content (AvgIpc) is 2.25. The molecule has 1 N–H and O–H groups in total. The minimum absolute atomic E-state index is 0.0280. The molecular formula is C11H15N3O5S. The fraction of sp³-hybridized carbons (Fsp3) is 0.364. The van der Waals surface area contributed by atoms with Gasteiger partial charge in [0.05, 0.1) is 16.4 Å². The van der Waals surface area contributed by atoms with Crippen LogP contribution in [-0.2, 0) is 14.6 Å². The van der Waals surface area contributed by atoms with Crippen molar-refractivity contribution in [1.29, 1.82) is 0 Å². The Bertz CT molecular complexity index is 639. The Hall–Kier alpha value is -2.00. The van der Waals surface area contributed by atoms with Gasteiger partial charge in [-0.15, -0.1) is 0 Å². The van der Waals surface area contributed by atoms with E-state index in [1.54, 1.807) is 19.0 Å². The SMILES string of the molecule is CN(C)CC(=O)Nc1cc(S(C)(=O)=O)ccc1[N+](=O)[O-]. The van der Waals surface area contributed by atoms with Crippen molar-refractivity contribution in [2.75, 3.05) is 32.2 Å². The van der Waals surface area contributed by atoms with Crippen LogP contribution >= 0.6 is 0 Å². The molecule has 1 amide bonds. The van der Waals surface area contributed by atoms with Crippen molar-refractivity contribution in [3.8, 4) is 0 Å². The van der Waals surface area contributed by atoms with E-state index in [0.717, 1.165) is 24.5 Å². The van der Waals surface area contributed by atoms with Crippen LogP contribution in [0.25, 0.3) is 0 Å². The lowest BCUT2D eigenvalue weighted by Gasteiger charge is -2.11. The van der Waals surface area contributed by atoms with Gasteiger partial charge in [0.1, 0.15) is 5.69 Å². The number of benzene rings is 1. The summed E-state index contributed by atoms with van der Waals surface area (Å²) in [6.07, 6.45) is 0.986. The lowest BCUT2D eigenvalue weighted by Crippen LogP contribution is -2.27. The van der Waals surface area contributed by atoms with Crippen molar-refractivity contribution >= 4 is 27.1 Å². The summed E-state index contributed by atoms with van der Waals surface area (Å²) in [6.45, 7) is 0.0280. The van der Waals surface area contributed by atoms with Gasteiger partial charge >= 0.3 is 0 Å². The van der Waals surface area contributed by atoms with Gasteiger partial charge in [0.2, 0.25) is 5.91 Å². The first-order valence-electron chi connectivity index (χ1n) is 5.54. The number of nitro groups is 1. The van der Waals surface area contributed by atoms with Crippen molar-refractivity contribution in [2.24, 2.45) is 0 Å². The molecule has 0 atom stereocenters. The first-order valence-corrected chi connectivity index (χ1v) is 7.43. The van der Waals surface area contributed by atoms with Crippen LogP contribution in [0.15, 0.2) is 23.1 Å². The zero-order valence-corrected chi connectivity index (χ0v) is 12.1. The van der Waals surface area contributed by atoms with Gasteiger partial charge < -0.3 is 10.2 Å². The number of carbonyl (C=O) groups is 1. The molecule has 1 rings (SSSR count). The fourth-order valence-corrected chi connectivity index (χ4v) is 2.13. The maximum absolute atomic E-state index is 11.6. The quantitative estimate of drug-likeness (QED) is 0.626. The summed E-state index contributed by atoms with van der Waals surface area (Å²) in [5, 5.41) is 13.2. The van der Waals surface area contributed by atoms with Crippen LogP contribution in [-0.4, -0.2) is 51.0 Å². The van der Waals surface area contributed by atoms with E-state index >= 15 is 0 Å². The molecule has 0 radical (unpaired) electrons. The first-order chi connectivity index (χ1) is 9.11. The minimum atomic E-state index is -3.51. The third-order valence-corrected chi connectivity index (χ3v) is 3.44. The second kappa shape index (κ2) is 5.97. The zero-order valence-electron chi connectivity index (χ0n) is 11.3. The molecule has 0 spiro atoms. The molecular weight excluding hydrogens is 286 g/mol. The molecule has 0 unspecified atom stereocenters. The Morgan fingerprint density at radius 2 is 2.00 bits per heavy atom. The Labute approximate surface area is 116 Å². The number of likely N-dealkylation sites (N-methyl/N-ethyl adjacent to an activating group) is 1. The predicted molar refractivity (Wildman–Crippen MR) is 73.4 cm³/mol. The van der Waals surface area contributed by atoms with Crippen LogP contribution in [0, 0.1) is 10.1 Å². The van der Waals surface area contributed by atoms with Crippen LogP contribution in [0.2, 0.25) is 0 Å². The second-order valence-corrected chi connectivity index (χ2v) is 6.51. The number of rotatable bonds is 5. The van der Waals surface area contributed by atoms with Crippen molar-refractivity contribution < 1.29 is 18.1 Å². The van der Waals surface area contributed by atoms with Crippen LogP contribution in [0.5, 0.6) is 0 Å². The maximum atomic E-state index is 11.6. The highest BCUT2D eigenvalue weighted by Crippen LogP contribution is 2.27. The number of hydrogen-bond acceptors (Lipinski definition) is 6. The van der Waals surface area contributed by atoms with Gasteiger partial charge in [-0.25, -0.2) is 8.42 Å². The largest absolute Gasteiger partial charge is 0.319 e. The second-order valence-electron chi connectivity index (χ2n) is 4.49. The molecule has 0 saturated carbocycles. The molecule has 0 heterocycles. The standard InChI is InChI=1S/C11H15N3O5S/c1-13(2)7-11(15)12-9-6-8(20(3,18)19)4-5-10(9)14(16)17/h4-6H,7H2,1-3H3,(H,12,15). The monoisotopic (exact) mass is 301 g/mol. The summed E-state index contributed by atoms with van der Waals surface area (Å²) >= 11 is 0. The highest BCUT2D eigenvalue weighted by molar-refractivity contribution is 7.90. The third kappa shape index (κ3) is 4.28. The molecule has 20 heavy (non-hydrogen) atoms. The molecule has 1 aromatic rings. The molecule has 8 nitrogen and oxygen atoms in total. The number of nitrogens with one attached hydrogen (secondary N) is 1. The van der Waals surface area contributed by atoms with Gasteiger partial charge in [-0.05, 0) is 26.2 Å². The number of amides is 1. The number of carbonyl (C=O) groups excluding carboxylic acids is 1. The van der Waals surface area contributed by atoms with Crippen molar-refractivity contribution in [2.45, 2.75) is 4.90 Å². The molecule has 0 aromatic heterocycles. The van der Waals surface area contributed by atoms with E-state index in [2.05, 4.69) is 5.32 Å². The zero-order chi connectivity index (χ0) is 15.5. The molecule has 0 saturated heterocycles. The Morgan fingerprint density at radius 3 is 2.45 bits per heavy atom. The topological polar surface area (TPSA) is 110 Å². The number of anilines is 1. The predicted octanol–water partition coefficient (Wildman–Crippen LogP) is 0.498. The highest BCUT2D eigenvalue weighted by atomic mass is 32.2. The van der Waals surface area contributed by atoms with E-state index in [9.17, 15) is 23.3 Å². The summed E-state index contributed by atoms with van der Waals surface area (Å²) in [6, 6.07) is 3.28. The molecule has 110 valence electrons. The lowest BCUT2D eigenvalue weighted by atomic mass is 10.2. The molecule has 0 bridgehead atoms. The van der Waals surface area contributed by atoms with Gasteiger partial charge in [0, 0.05) is 12.3 Å². The first kappa shape index (κ1) is 16.1. The molecule has 0 aliphatic heterocycles. The highest BCUT2D eigenvalue weighted by Gasteiger charge is 2.19. The summed E-state index contributed by atoms with van der Waals surface area (Å²) in [5.41, 5.74) is -0.491. The van der Waals surface area contributed by atoms with Crippen molar-refractivity contribution in [3.05, 3.63) is 28.3 Å². The number of nitro benzene ring substituents is 1. The fourth-order valence-electron chi connectivity index (χ4n) is 1.48. The summed E-state index contributed by atoms with van der Waals surface area (Å²) in [4.78, 5) is 23.3. The van der Waals surface area contributed by atoms with Gasteiger partial charge in [-0.1, -0.05) is 0 Å². The lowest BCUT2D eigenvalue weighted by molar-refractivity contribution is -0.384. The van der Waals surface area contributed by atoms with Crippen molar-refractivity contribution in [3.63, 3.8) is 0 Å². The molecule has 0 aliphatic rings. The van der Waals surface area contributed by atoms with Gasteiger partial charge in [-0.3, -0.25) is 14.9 Å². The van der Waals surface area contributed by atoms with Crippen LogP contribution < -0.4 is 5.32 Å². The van der Waals surface area contributed by atoms with E-state index in [0.29, 0.717) is 0 Å². The van der Waals surface area contributed by atoms with E-state index in [1.807, 2.05) is 0 Å². The number of sulfone groups is 1. The normalized spacial score (nSPS) is 11.4. The van der Waals surface area contributed by atoms with Gasteiger partial charge in [0.25, 0.3) is 5.69 Å². The van der Waals surface area contributed by atoms with Gasteiger partial charge in [0.15, 0.2) is 9.84 Å². The van der Waals surface area contributed by atoms with Crippen LogP contribution in [0.4, 0.5) is 11.4 Å². The van der Waals surface area contributed by atoms with E-state index in [4.69, 9.17) is 0 Å². The molecule has 0 aliphatic carbocycles. The Kier molecular flexibility index (Phi) is 4.79. The van der Waals surface area contributed by atoms with E-state index in [1.165, 1.54) is 0 Å². The van der Waals surface area contributed by atoms with Crippen LogP contribution in [0.1, 0.15) is 0 Å². The van der Waals surface area contributed by atoms with E-state index < -0.39 is 20.7 Å². The maximum Gasteiger partial charge on any atom is 0.292 e. The summed E-state index contributed by atoms with van der Waals surface area (Å²) in [7, 11) is -0.176. The van der Waals surface area contributed by atoms with E-state index in [-0.39, 0.29) is 22.8 Å². The van der Waals surface area contributed by atoms with Crippen LogP contribution in [0.3, 0.4) is 0 Å². The molecule has 0 fully saturated rings. The Balaban J connectivity index is 3.20. The van der Waals surface area contributed by atoms with Crippen molar-refractivity contribution in [1.82, 2.24) is 4.90 Å².